The lowest BCUT2D eigenvalue weighted by Crippen LogP contribution is -2.25. The van der Waals surface area contributed by atoms with Crippen LogP contribution in [0.15, 0.2) is 24.3 Å². The minimum absolute atomic E-state index is 0.152. The fraction of sp³-hybridized carbons (Fsp3) is 0.350. The number of carbonyl (C=O) groups is 3. The van der Waals surface area contributed by atoms with Crippen molar-refractivity contribution in [1.82, 2.24) is 15.6 Å². The van der Waals surface area contributed by atoms with Gasteiger partial charge in [0.15, 0.2) is 0 Å². The molecular weight excluding hydrogens is 346 g/mol. The summed E-state index contributed by atoms with van der Waals surface area (Å²) < 4.78 is 4.81. The second-order valence-corrected chi connectivity index (χ2v) is 6.07. The third-order valence-electron chi connectivity index (χ3n) is 4.28. The largest absolute Gasteiger partial charge is 0.465 e. The molecule has 0 spiro atoms. The van der Waals surface area contributed by atoms with Crippen LogP contribution in [0.25, 0.3) is 0 Å². The monoisotopic (exact) mass is 371 g/mol. The molecule has 0 bridgehead atoms. The average Bonchev–Trinajstić information content (AvgIpc) is 3.02. The van der Waals surface area contributed by atoms with Crippen molar-refractivity contribution in [3.63, 3.8) is 0 Å². The number of hydrogen-bond acceptors (Lipinski definition) is 4. The number of ether oxygens (including phenoxy) is 1. The van der Waals surface area contributed by atoms with Gasteiger partial charge in [0.25, 0.3) is 11.8 Å². The number of hydrogen-bond donors (Lipinski definition) is 3. The van der Waals surface area contributed by atoms with Gasteiger partial charge in [0, 0.05) is 24.3 Å². The fourth-order valence-electron chi connectivity index (χ4n) is 2.88. The summed E-state index contributed by atoms with van der Waals surface area (Å²) in [5, 5.41) is 5.57. The summed E-state index contributed by atoms with van der Waals surface area (Å²) in [5.41, 5.74) is 3.33. The molecule has 0 fully saturated rings. The van der Waals surface area contributed by atoms with Crippen molar-refractivity contribution in [2.75, 3.05) is 13.7 Å². The lowest BCUT2D eigenvalue weighted by Gasteiger charge is -2.07. The van der Waals surface area contributed by atoms with E-state index in [9.17, 15) is 14.4 Å². The minimum atomic E-state index is -0.464. The first-order chi connectivity index (χ1) is 12.9. The highest BCUT2D eigenvalue weighted by molar-refractivity contribution is 6.00. The summed E-state index contributed by atoms with van der Waals surface area (Å²) in [6.45, 7) is 6.28. The van der Waals surface area contributed by atoms with Crippen molar-refractivity contribution >= 4 is 17.8 Å². The summed E-state index contributed by atoms with van der Waals surface area (Å²) in [7, 11) is 1.32. The van der Waals surface area contributed by atoms with Gasteiger partial charge < -0.3 is 20.4 Å². The second kappa shape index (κ2) is 9.02. The Bertz CT molecular complexity index is 855. The van der Waals surface area contributed by atoms with Crippen molar-refractivity contribution in [2.24, 2.45) is 0 Å². The first-order valence-corrected chi connectivity index (χ1v) is 8.87. The van der Waals surface area contributed by atoms with Crippen LogP contribution in [-0.2, 0) is 17.7 Å². The lowest BCUT2D eigenvalue weighted by molar-refractivity contribution is 0.0598. The molecule has 0 radical (unpaired) electrons. The van der Waals surface area contributed by atoms with E-state index in [0.29, 0.717) is 41.0 Å². The highest BCUT2D eigenvalue weighted by Gasteiger charge is 2.23. The van der Waals surface area contributed by atoms with E-state index in [-0.39, 0.29) is 18.4 Å². The SMILES string of the molecule is CCNC(=O)c1cccc(CNC(=O)c2[nH]c(CC)c(C(=O)OC)c2C)c1. The van der Waals surface area contributed by atoms with Crippen molar-refractivity contribution in [2.45, 2.75) is 33.7 Å². The van der Waals surface area contributed by atoms with E-state index in [0.717, 1.165) is 5.56 Å². The van der Waals surface area contributed by atoms with Crippen LogP contribution < -0.4 is 10.6 Å². The van der Waals surface area contributed by atoms with Gasteiger partial charge in [-0.3, -0.25) is 9.59 Å². The van der Waals surface area contributed by atoms with E-state index in [2.05, 4.69) is 15.6 Å². The predicted octanol–water partition coefficient (Wildman–Crippen LogP) is 2.35. The molecule has 0 aliphatic carbocycles. The molecule has 7 heteroatoms. The zero-order valence-corrected chi connectivity index (χ0v) is 16.1. The first kappa shape index (κ1) is 20.2. The van der Waals surface area contributed by atoms with Gasteiger partial charge in [-0.2, -0.15) is 0 Å². The Morgan fingerprint density at radius 1 is 1.11 bits per heavy atom. The zero-order valence-electron chi connectivity index (χ0n) is 16.1. The lowest BCUT2D eigenvalue weighted by atomic mass is 10.1. The average molecular weight is 371 g/mol. The third-order valence-corrected chi connectivity index (χ3v) is 4.28. The molecule has 2 aromatic rings. The Morgan fingerprint density at radius 2 is 1.85 bits per heavy atom. The number of nitrogens with one attached hydrogen (secondary N) is 3. The molecule has 0 aliphatic rings. The van der Waals surface area contributed by atoms with Crippen molar-refractivity contribution in [1.29, 1.82) is 0 Å². The summed E-state index contributed by atoms with van der Waals surface area (Å²) in [6.07, 6.45) is 0.577. The maximum Gasteiger partial charge on any atom is 0.339 e. The molecule has 144 valence electrons. The van der Waals surface area contributed by atoms with Crippen LogP contribution in [-0.4, -0.2) is 36.4 Å². The van der Waals surface area contributed by atoms with E-state index in [1.54, 1.807) is 25.1 Å². The third kappa shape index (κ3) is 4.55. The molecule has 1 aromatic heterocycles. The predicted molar refractivity (Wildman–Crippen MR) is 102 cm³/mol. The zero-order chi connectivity index (χ0) is 20.0. The van der Waals surface area contributed by atoms with Gasteiger partial charge >= 0.3 is 5.97 Å². The van der Waals surface area contributed by atoms with Gasteiger partial charge in [-0.1, -0.05) is 19.1 Å². The number of esters is 1. The second-order valence-electron chi connectivity index (χ2n) is 6.07. The number of amides is 2. The van der Waals surface area contributed by atoms with Crippen molar-refractivity contribution in [3.8, 4) is 0 Å². The summed E-state index contributed by atoms with van der Waals surface area (Å²) >= 11 is 0. The molecule has 1 heterocycles. The van der Waals surface area contributed by atoms with E-state index < -0.39 is 5.97 Å². The van der Waals surface area contributed by atoms with Crippen LogP contribution in [0.4, 0.5) is 0 Å². The van der Waals surface area contributed by atoms with Gasteiger partial charge in [-0.05, 0) is 43.5 Å². The minimum Gasteiger partial charge on any atom is -0.465 e. The van der Waals surface area contributed by atoms with Crippen molar-refractivity contribution in [3.05, 3.63) is 57.9 Å². The number of carbonyl (C=O) groups excluding carboxylic acids is 3. The molecular formula is C20H25N3O4. The van der Waals surface area contributed by atoms with Crippen LogP contribution in [0.2, 0.25) is 0 Å². The summed E-state index contributed by atoms with van der Waals surface area (Å²) in [5.74, 6) is -0.934. The maximum atomic E-state index is 12.6. The van der Waals surface area contributed by atoms with Crippen LogP contribution in [0, 0.1) is 6.92 Å². The van der Waals surface area contributed by atoms with Crippen LogP contribution in [0.3, 0.4) is 0 Å². The number of H-pyrrole nitrogens is 1. The molecule has 0 aliphatic heterocycles. The highest BCUT2D eigenvalue weighted by Crippen LogP contribution is 2.20. The molecule has 0 saturated heterocycles. The Hall–Kier alpha value is -3.09. The number of aromatic nitrogens is 1. The number of methoxy groups -OCH3 is 1. The number of aromatic amines is 1. The molecule has 0 saturated carbocycles. The fourth-order valence-corrected chi connectivity index (χ4v) is 2.88. The standard InChI is InChI=1S/C20H25N3O4/c1-5-15-16(20(26)27-4)12(3)17(23-15)19(25)22-11-13-8-7-9-14(10-13)18(24)21-6-2/h7-10,23H,5-6,11H2,1-4H3,(H,21,24)(H,22,25). The summed E-state index contributed by atoms with van der Waals surface area (Å²) in [4.78, 5) is 39.5. The number of rotatable bonds is 7. The van der Waals surface area contributed by atoms with Gasteiger partial charge in [-0.25, -0.2) is 4.79 Å². The molecule has 2 rings (SSSR count). The van der Waals surface area contributed by atoms with E-state index in [1.807, 2.05) is 19.9 Å². The molecule has 0 atom stereocenters. The normalized spacial score (nSPS) is 10.4. The van der Waals surface area contributed by atoms with E-state index in [1.165, 1.54) is 7.11 Å². The topological polar surface area (TPSA) is 100 Å². The van der Waals surface area contributed by atoms with Gasteiger partial charge in [0.2, 0.25) is 0 Å². The van der Waals surface area contributed by atoms with Gasteiger partial charge in [0.1, 0.15) is 5.69 Å². The van der Waals surface area contributed by atoms with Crippen LogP contribution >= 0.6 is 0 Å². The Labute approximate surface area is 158 Å². The molecule has 2 amide bonds. The quantitative estimate of drug-likeness (QED) is 0.651. The van der Waals surface area contributed by atoms with Gasteiger partial charge in [0.05, 0.1) is 12.7 Å². The van der Waals surface area contributed by atoms with Crippen LogP contribution in [0.5, 0.6) is 0 Å². The molecule has 27 heavy (non-hydrogen) atoms. The Morgan fingerprint density at radius 3 is 2.48 bits per heavy atom. The maximum absolute atomic E-state index is 12.6. The molecule has 7 nitrogen and oxygen atoms in total. The molecule has 0 unspecified atom stereocenters. The van der Waals surface area contributed by atoms with Gasteiger partial charge in [-0.15, -0.1) is 0 Å². The smallest absolute Gasteiger partial charge is 0.339 e. The molecule has 1 aromatic carbocycles. The first-order valence-electron chi connectivity index (χ1n) is 8.87. The number of aryl methyl sites for hydroxylation is 1. The Kier molecular flexibility index (Phi) is 6.76. The summed E-state index contributed by atoms with van der Waals surface area (Å²) in [6, 6.07) is 7.07. The van der Waals surface area contributed by atoms with Crippen LogP contribution in [0.1, 0.15) is 61.9 Å². The highest BCUT2D eigenvalue weighted by atomic mass is 16.5. The van der Waals surface area contributed by atoms with E-state index >= 15 is 0 Å². The van der Waals surface area contributed by atoms with E-state index in [4.69, 9.17) is 4.74 Å². The molecule has 3 N–H and O–H groups in total. The van der Waals surface area contributed by atoms with Crippen molar-refractivity contribution < 1.29 is 19.1 Å². The number of benzene rings is 1. The Balaban J connectivity index is 2.15.